The van der Waals surface area contributed by atoms with Gasteiger partial charge in [0.2, 0.25) is 5.91 Å². The summed E-state index contributed by atoms with van der Waals surface area (Å²) in [5, 5.41) is 7.85. The number of nitrogens with one attached hydrogen (secondary N) is 1. The van der Waals surface area contributed by atoms with Gasteiger partial charge in [-0.25, -0.2) is 14.4 Å². The molecule has 0 spiro atoms. The van der Waals surface area contributed by atoms with Crippen molar-refractivity contribution in [2.45, 2.75) is 44.2 Å². The standard InChI is InChI=1S/C21H21ClFN5O/c22-19-10-16(23)2-1-14(19)9-21(29)27-17-3-5-18(6-4-17)28-12-15(11-26-28)20-7-8-24-13-25-20/h1-2,7-8,10-13,17-18H,3-6,9H2,(H,27,29). The van der Waals surface area contributed by atoms with Crippen LogP contribution in [-0.2, 0) is 11.2 Å². The van der Waals surface area contributed by atoms with Gasteiger partial charge in [0.1, 0.15) is 12.1 Å². The molecular formula is C21H21ClFN5O. The van der Waals surface area contributed by atoms with E-state index in [1.54, 1.807) is 12.3 Å². The van der Waals surface area contributed by atoms with Gasteiger partial charge in [-0.1, -0.05) is 17.7 Å². The molecule has 2 heterocycles. The molecule has 0 radical (unpaired) electrons. The van der Waals surface area contributed by atoms with Gasteiger partial charge >= 0.3 is 0 Å². The maximum atomic E-state index is 13.1. The molecule has 150 valence electrons. The van der Waals surface area contributed by atoms with Gasteiger partial charge in [0, 0.05) is 29.0 Å². The Morgan fingerprint density at radius 1 is 1.24 bits per heavy atom. The van der Waals surface area contributed by atoms with Crippen LogP contribution < -0.4 is 5.32 Å². The lowest BCUT2D eigenvalue weighted by atomic mass is 9.91. The number of nitrogens with zero attached hydrogens (tertiary/aromatic N) is 4. The minimum atomic E-state index is -0.404. The van der Waals surface area contributed by atoms with Crippen LogP contribution in [0.3, 0.4) is 0 Å². The number of amides is 1. The zero-order valence-corrected chi connectivity index (χ0v) is 16.5. The third-order valence-electron chi connectivity index (χ3n) is 5.28. The largest absolute Gasteiger partial charge is 0.353 e. The van der Waals surface area contributed by atoms with Crippen molar-refractivity contribution in [3.63, 3.8) is 0 Å². The SMILES string of the molecule is O=C(Cc1ccc(F)cc1Cl)NC1CCC(n2cc(-c3ccncn3)cn2)CC1. The molecule has 2 aromatic heterocycles. The van der Waals surface area contributed by atoms with Crippen molar-refractivity contribution in [2.75, 3.05) is 0 Å². The fraction of sp³-hybridized carbons (Fsp3) is 0.333. The summed E-state index contributed by atoms with van der Waals surface area (Å²) in [5.41, 5.74) is 2.46. The van der Waals surface area contributed by atoms with Gasteiger partial charge in [0.15, 0.2) is 0 Å². The number of hydrogen-bond donors (Lipinski definition) is 1. The van der Waals surface area contributed by atoms with E-state index in [4.69, 9.17) is 11.6 Å². The third-order valence-corrected chi connectivity index (χ3v) is 5.63. The van der Waals surface area contributed by atoms with Crippen LogP contribution in [0, 0.1) is 5.82 Å². The van der Waals surface area contributed by atoms with Gasteiger partial charge < -0.3 is 5.32 Å². The fourth-order valence-electron chi connectivity index (χ4n) is 3.73. The van der Waals surface area contributed by atoms with Gasteiger partial charge in [-0.3, -0.25) is 9.48 Å². The van der Waals surface area contributed by atoms with E-state index in [0.29, 0.717) is 11.6 Å². The molecule has 29 heavy (non-hydrogen) atoms. The molecule has 0 atom stereocenters. The Kier molecular flexibility index (Phi) is 5.85. The lowest BCUT2D eigenvalue weighted by Gasteiger charge is -2.29. The average Bonchev–Trinajstić information content (AvgIpc) is 3.22. The van der Waals surface area contributed by atoms with Gasteiger partial charge in [0.25, 0.3) is 0 Å². The minimum Gasteiger partial charge on any atom is -0.353 e. The summed E-state index contributed by atoms with van der Waals surface area (Å²) in [4.78, 5) is 20.5. The van der Waals surface area contributed by atoms with E-state index in [-0.39, 0.29) is 23.4 Å². The second-order valence-electron chi connectivity index (χ2n) is 7.29. The Bertz CT molecular complexity index is 986. The zero-order chi connectivity index (χ0) is 20.2. The third kappa shape index (κ3) is 4.79. The van der Waals surface area contributed by atoms with Crippen LogP contribution in [0.15, 0.2) is 49.2 Å². The summed E-state index contributed by atoms with van der Waals surface area (Å²) in [6, 6.07) is 6.41. The van der Waals surface area contributed by atoms with E-state index in [1.807, 2.05) is 23.1 Å². The highest BCUT2D eigenvalue weighted by Gasteiger charge is 2.24. The van der Waals surface area contributed by atoms with Crippen molar-refractivity contribution in [3.05, 3.63) is 65.6 Å². The first-order valence-electron chi connectivity index (χ1n) is 9.62. The van der Waals surface area contributed by atoms with Crippen molar-refractivity contribution in [3.8, 4) is 11.3 Å². The normalized spacial score (nSPS) is 19.1. The van der Waals surface area contributed by atoms with E-state index in [0.717, 1.165) is 36.9 Å². The molecule has 1 amide bonds. The monoisotopic (exact) mass is 413 g/mol. The van der Waals surface area contributed by atoms with Crippen LogP contribution in [0.1, 0.15) is 37.3 Å². The summed E-state index contributed by atoms with van der Waals surface area (Å²) in [6.07, 6.45) is 10.9. The smallest absolute Gasteiger partial charge is 0.224 e. The molecule has 3 aromatic rings. The maximum absolute atomic E-state index is 13.1. The van der Waals surface area contributed by atoms with Crippen molar-refractivity contribution in [1.29, 1.82) is 0 Å². The number of carbonyl (C=O) groups excluding carboxylic acids is 1. The molecule has 0 saturated heterocycles. The molecule has 0 bridgehead atoms. The van der Waals surface area contributed by atoms with Crippen LogP contribution in [0.25, 0.3) is 11.3 Å². The molecule has 1 N–H and O–H groups in total. The predicted octanol–water partition coefficient (Wildman–Crippen LogP) is 3.98. The molecule has 1 aliphatic rings. The van der Waals surface area contributed by atoms with E-state index in [9.17, 15) is 9.18 Å². The Balaban J connectivity index is 1.29. The Morgan fingerprint density at radius 2 is 2.07 bits per heavy atom. The summed E-state index contributed by atoms with van der Waals surface area (Å²) < 4.78 is 15.1. The fourth-order valence-corrected chi connectivity index (χ4v) is 3.97. The molecule has 1 aromatic carbocycles. The van der Waals surface area contributed by atoms with E-state index in [1.165, 1.54) is 18.5 Å². The molecule has 6 nitrogen and oxygen atoms in total. The lowest BCUT2D eigenvalue weighted by Crippen LogP contribution is -2.38. The first kappa shape index (κ1) is 19.5. The quantitative estimate of drug-likeness (QED) is 0.686. The number of carbonyl (C=O) groups is 1. The Labute approximate surface area is 173 Å². The second kappa shape index (κ2) is 8.69. The number of rotatable bonds is 5. The number of benzene rings is 1. The molecule has 0 unspecified atom stereocenters. The second-order valence-corrected chi connectivity index (χ2v) is 7.70. The van der Waals surface area contributed by atoms with E-state index < -0.39 is 5.82 Å². The highest BCUT2D eigenvalue weighted by atomic mass is 35.5. The maximum Gasteiger partial charge on any atom is 0.224 e. The highest BCUT2D eigenvalue weighted by Crippen LogP contribution is 2.29. The molecule has 1 aliphatic carbocycles. The molecular weight excluding hydrogens is 393 g/mol. The molecule has 1 fully saturated rings. The Hall–Kier alpha value is -2.80. The van der Waals surface area contributed by atoms with E-state index in [2.05, 4.69) is 20.4 Å². The summed E-state index contributed by atoms with van der Waals surface area (Å²) in [6.45, 7) is 0. The van der Waals surface area contributed by atoms with Crippen LogP contribution >= 0.6 is 11.6 Å². The topological polar surface area (TPSA) is 72.7 Å². The first-order valence-corrected chi connectivity index (χ1v) is 10.00. The number of halogens is 2. The first-order chi connectivity index (χ1) is 14.1. The van der Waals surface area contributed by atoms with Crippen molar-refractivity contribution in [2.24, 2.45) is 0 Å². The number of aromatic nitrogens is 4. The molecule has 1 saturated carbocycles. The predicted molar refractivity (Wildman–Crippen MR) is 108 cm³/mol. The molecule has 0 aliphatic heterocycles. The van der Waals surface area contributed by atoms with Crippen LogP contribution in [0.2, 0.25) is 5.02 Å². The lowest BCUT2D eigenvalue weighted by molar-refractivity contribution is -0.121. The van der Waals surface area contributed by atoms with Crippen molar-refractivity contribution < 1.29 is 9.18 Å². The van der Waals surface area contributed by atoms with Crippen molar-refractivity contribution >= 4 is 17.5 Å². The highest BCUT2D eigenvalue weighted by molar-refractivity contribution is 6.31. The van der Waals surface area contributed by atoms with Gasteiger partial charge in [-0.05, 0) is 49.4 Å². The van der Waals surface area contributed by atoms with Gasteiger partial charge in [-0.2, -0.15) is 5.10 Å². The van der Waals surface area contributed by atoms with Crippen LogP contribution in [0.5, 0.6) is 0 Å². The number of hydrogen-bond acceptors (Lipinski definition) is 4. The summed E-state index contributed by atoms with van der Waals surface area (Å²) in [7, 11) is 0. The average molecular weight is 414 g/mol. The van der Waals surface area contributed by atoms with Gasteiger partial charge in [0.05, 0.1) is 24.4 Å². The van der Waals surface area contributed by atoms with Crippen LogP contribution in [-0.4, -0.2) is 31.7 Å². The molecule has 4 rings (SSSR count). The summed E-state index contributed by atoms with van der Waals surface area (Å²) in [5.74, 6) is -0.494. The molecule has 8 heteroatoms. The summed E-state index contributed by atoms with van der Waals surface area (Å²) >= 11 is 6.01. The van der Waals surface area contributed by atoms with Gasteiger partial charge in [-0.15, -0.1) is 0 Å². The Morgan fingerprint density at radius 3 is 2.79 bits per heavy atom. The zero-order valence-electron chi connectivity index (χ0n) is 15.8. The van der Waals surface area contributed by atoms with E-state index >= 15 is 0 Å². The minimum absolute atomic E-state index is 0.0907. The van der Waals surface area contributed by atoms with Crippen LogP contribution in [0.4, 0.5) is 4.39 Å². The van der Waals surface area contributed by atoms with Crippen molar-refractivity contribution in [1.82, 2.24) is 25.1 Å².